The summed E-state index contributed by atoms with van der Waals surface area (Å²) in [5.74, 6) is -11.6. The first-order chi connectivity index (χ1) is 17.4. The summed E-state index contributed by atoms with van der Waals surface area (Å²) >= 11 is 0. The van der Waals surface area contributed by atoms with Crippen LogP contribution >= 0.6 is 0 Å². The SMILES string of the molecule is CCNCC(=O)Nc1ccc2c(c1O)C(=O)C1C(=O)[C@@]3(O)C(=O)C(C(N)=O)C(=O)[C@H](N(C)C)C3CC1C2. The number of carbonyl (C=O) groups excluding carboxylic acids is 6. The molecule has 0 saturated heterocycles. The quantitative estimate of drug-likeness (QED) is 0.218. The van der Waals surface area contributed by atoms with Crippen LogP contribution in [-0.2, 0) is 30.4 Å². The molecule has 2 saturated carbocycles. The standard InChI is InChI=1S/C25H30N4O8/c1-4-27-9-14(30)28-13-6-5-10-7-11-8-12-18(29(2)3)21(33)17(24(26)36)23(35)25(12,37)22(34)16(11)20(32)15(10)19(13)31/h5-6,11-12,16-18,27,31,37H,4,7-9H2,1-3H3,(H2,26,36)(H,28,30)/t11?,12?,16?,17?,18-,25-/m1/s1. The van der Waals surface area contributed by atoms with Crippen LogP contribution in [0.15, 0.2) is 12.1 Å². The topological polar surface area (TPSA) is 196 Å². The van der Waals surface area contributed by atoms with Crippen molar-refractivity contribution in [1.29, 1.82) is 0 Å². The highest BCUT2D eigenvalue weighted by Gasteiger charge is 2.69. The van der Waals surface area contributed by atoms with Gasteiger partial charge in [0, 0.05) is 5.92 Å². The van der Waals surface area contributed by atoms with Gasteiger partial charge in [-0.25, -0.2) is 0 Å². The van der Waals surface area contributed by atoms with Crippen LogP contribution in [0, 0.1) is 23.7 Å². The minimum Gasteiger partial charge on any atom is -0.505 e. The Hall–Kier alpha value is -3.48. The van der Waals surface area contributed by atoms with Crippen molar-refractivity contribution in [2.24, 2.45) is 29.4 Å². The third-order valence-electron chi connectivity index (χ3n) is 7.74. The maximum absolute atomic E-state index is 13.7. The fourth-order valence-corrected chi connectivity index (χ4v) is 6.11. The first kappa shape index (κ1) is 26.6. The third kappa shape index (κ3) is 3.95. The van der Waals surface area contributed by atoms with Crippen molar-refractivity contribution in [1.82, 2.24) is 10.2 Å². The number of nitrogens with two attached hydrogens (primary N) is 1. The van der Waals surface area contributed by atoms with E-state index in [1.54, 1.807) is 6.07 Å². The number of ketones is 4. The molecule has 12 heteroatoms. The van der Waals surface area contributed by atoms with Gasteiger partial charge in [0.05, 0.1) is 29.8 Å². The number of rotatable bonds is 6. The number of anilines is 1. The van der Waals surface area contributed by atoms with Crippen molar-refractivity contribution < 1.29 is 39.0 Å². The molecule has 1 aromatic rings. The van der Waals surface area contributed by atoms with Crippen molar-refractivity contribution in [3.8, 4) is 5.75 Å². The summed E-state index contributed by atoms with van der Waals surface area (Å²) in [6.45, 7) is 2.35. The van der Waals surface area contributed by atoms with E-state index in [0.29, 0.717) is 12.1 Å². The Morgan fingerprint density at radius 1 is 1.16 bits per heavy atom. The number of fused-ring (bicyclic) bond motifs is 3. The summed E-state index contributed by atoms with van der Waals surface area (Å²) in [6, 6.07) is 1.88. The highest BCUT2D eigenvalue weighted by atomic mass is 16.3. The van der Waals surface area contributed by atoms with Crippen molar-refractivity contribution in [3.05, 3.63) is 23.3 Å². The van der Waals surface area contributed by atoms with E-state index in [-0.39, 0.29) is 30.6 Å². The van der Waals surface area contributed by atoms with Crippen LogP contribution in [0.5, 0.6) is 5.75 Å². The molecule has 0 aliphatic heterocycles. The molecular weight excluding hydrogens is 484 g/mol. The predicted octanol–water partition coefficient (Wildman–Crippen LogP) is -1.58. The Morgan fingerprint density at radius 3 is 2.43 bits per heavy atom. The summed E-state index contributed by atoms with van der Waals surface area (Å²) in [7, 11) is 3.05. The number of phenolic OH excluding ortho intramolecular Hbond substituents is 1. The van der Waals surface area contributed by atoms with Crippen molar-refractivity contribution >= 4 is 40.6 Å². The van der Waals surface area contributed by atoms with Gasteiger partial charge < -0.3 is 26.6 Å². The van der Waals surface area contributed by atoms with E-state index in [1.807, 2.05) is 6.92 Å². The third-order valence-corrected chi connectivity index (χ3v) is 7.74. The summed E-state index contributed by atoms with van der Waals surface area (Å²) in [5.41, 5.74) is 2.78. The average molecular weight is 515 g/mol. The van der Waals surface area contributed by atoms with Crippen molar-refractivity contribution in [2.75, 3.05) is 32.5 Å². The first-order valence-corrected chi connectivity index (χ1v) is 12.1. The van der Waals surface area contributed by atoms with Gasteiger partial charge in [0.25, 0.3) is 0 Å². The van der Waals surface area contributed by atoms with Crippen LogP contribution in [0.3, 0.4) is 0 Å². The fourth-order valence-electron chi connectivity index (χ4n) is 6.11. The van der Waals surface area contributed by atoms with E-state index in [0.717, 1.165) is 0 Å². The fraction of sp³-hybridized carbons (Fsp3) is 0.520. The van der Waals surface area contributed by atoms with E-state index in [4.69, 9.17) is 5.73 Å². The van der Waals surface area contributed by atoms with Gasteiger partial charge in [-0.3, -0.25) is 33.7 Å². The number of hydrogen-bond donors (Lipinski definition) is 5. The van der Waals surface area contributed by atoms with Crippen LogP contribution < -0.4 is 16.4 Å². The zero-order chi connectivity index (χ0) is 27.4. The summed E-state index contributed by atoms with van der Waals surface area (Å²) in [4.78, 5) is 79.2. The minimum absolute atomic E-state index is 0.0193. The number of Topliss-reactive ketones (excluding diaryl/α,β-unsaturated/α-hetero) is 4. The van der Waals surface area contributed by atoms with Crippen molar-refractivity contribution in [3.63, 3.8) is 0 Å². The maximum Gasteiger partial charge on any atom is 0.238 e. The van der Waals surface area contributed by atoms with Crippen LogP contribution in [0.25, 0.3) is 0 Å². The average Bonchev–Trinajstić information content (AvgIpc) is 2.81. The molecule has 0 bridgehead atoms. The van der Waals surface area contributed by atoms with Crippen LogP contribution in [0.1, 0.15) is 29.3 Å². The summed E-state index contributed by atoms with van der Waals surface area (Å²) in [5, 5.41) is 27.8. The lowest BCUT2D eigenvalue weighted by Crippen LogP contribution is -2.74. The van der Waals surface area contributed by atoms with Gasteiger partial charge in [-0.2, -0.15) is 0 Å². The molecule has 6 N–H and O–H groups in total. The molecule has 2 amide bonds. The Kier molecular flexibility index (Phi) is 6.78. The van der Waals surface area contributed by atoms with Gasteiger partial charge in [0.15, 0.2) is 34.7 Å². The van der Waals surface area contributed by atoms with E-state index in [9.17, 15) is 39.0 Å². The molecule has 37 heavy (non-hydrogen) atoms. The van der Waals surface area contributed by atoms with Gasteiger partial charge in [-0.1, -0.05) is 13.0 Å². The molecule has 3 aliphatic rings. The monoisotopic (exact) mass is 514 g/mol. The second-order valence-corrected chi connectivity index (χ2v) is 10.1. The number of likely N-dealkylation sites (N-methyl/N-ethyl adjacent to an activating group) is 2. The molecule has 2 fully saturated rings. The van der Waals surface area contributed by atoms with Crippen LogP contribution in [-0.4, -0.2) is 88.9 Å². The number of phenols is 1. The molecule has 12 nitrogen and oxygen atoms in total. The number of hydrogen-bond acceptors (Lipinski definition) is 10. The highest BCUT2D eigenvalue weighted by molar-refractivity contribution is 6.32. The number of nitrogens with zero attached hydrogens (tertiary/aromatic N) is 1. The summed E-state index contributed by atoms with van der Waals surface area (Å²) < 4.78 is 0. The largest absolute Gasteiger partial charge is 0.505 e. The first-order valence-electron chi connectivity index (χ1n) is 12.1. The molecule has 0 heterocycles. The van der Waals surface area contributed by atoms with Crippen LogP contribution in [0.2, 0.25) is 0 Å². The lowest BCUT2D eigenvalue weighted by Gasteiger charge is -2.52. The lowest BCUT2D eigenvalue weighted by atomic mass is 9.52. The molecule has 3 aliphatic carbocycles. The number of benzene rings is 1. The lowest BCUT2D eigenvalue weighted by molar-refractivity contribution is -0.181. The molecule has 6 atom stereocenters. The molecule has 0 spiro atoms. The highest BCUT2D eigenvalue weighted by Crippen LogP contribution is 2.51. The molecule has 1 aromatic carbocycles. The maximum atomic E-state index is 13.7. The second-order valence-electron chi connectivity index (χ2n) is 10.1. The van der Waals surface area contributed by atoms with Crippen molar-refractivity contribution in [2.45, 2.75) is 31.4 Å². The molecule has 4 rings (SSSR count). The number of carbonyl (C=O) groups is 6. The summed E-state index contributed by atoms with van der Waals surface area (Å²) in [6.07, 6.45) is 0.136. The Morgan fingerprint density at radius 2 is 1.84 bits per heavy atom. The normalized spacial score (nSPS) is 31.0. The molecule has 0 radical (unpaired) electrons. The van der Waals surface area contributed by atoms with E-state index < -0.39 is 76.0 Å². The number of aromatic hydroxyl groups is 1. The number of aliphatic hydroxyl groups is 1. The zero-order valence-corrected chi connectivity index (χ0v) is 20.7. The number of nitrogens with one attached hydrogen (secondary N) is 2. The molecule has 198 valence electrons. The molecular formula is C25H30N4O8. The minimum atomic E-state index is -2.77. The molecule has 4 unspecified atom stereocenters. The van der Waals surface area contributed by atoms with Gasteiger partial charge in [-0.05, 0) is 51.0 Å². The number of amides is 2. The van der Waals surface area contributed by atoms with E-state index in [2.05, 4.69) is 10.6 Å². The van der Waals surface area contributed by atoms with Gasteiger partial charge >= 0.3 is 0 Å². The van der Waals surface area contributed by atoms with Gasteiger partial charge in [-0.15, -0.1) is 0 Å². The number of primary amides is 1. The predicted molar refractivity (Wildman–Crippen MR) is 129 cm³/mol. The smallest absolute Gasteiger partial charge is 0.238 e. The Balaban J connectivity index is 1.76. The Labute approximate surface area is 212 Å². The zero-order valence-electron chi connectivity index (χ0n) is 20.7. The Bertz CT molecular complexity index is 1230. The van der Waals surface area contributed by atoms with E-state index in [1.165, 1.54) is 25.1 Å². The second kappa shape index (κ2) is 9.43. The van der Waals surface area contributed by atoms with Gasteiger partial charge in [0.2, 0.25) is 11.8 Å². The van der Waals surface area contributed by atoms with Gasteiger partial charge in [0.1, 0.15) is 5.75 Å². The van der Waals surface area contributed by atoms with Crippen LogP contribution in [0.4, 0.5) is 5.69 Å². The van der Waals surface area contributed by atoms with E-state index >= 15 is 0 Å². The molecule has 0 aromatic heterocycles.